The molecule has 0 radical (unpaired) electrons. The zero-order valence-electron chi connectivity index (χ0n) is 12.7. The molecule has 102 valence electrons. The zero-order valence-corrected chi connectivity index (χ0v) is 15.7. The van der Waals surface area contributed by atoms with Crippen molar-refractivity contribution in [3.63, 3.8) is 0 Å². The molecule has 1 heterocycles. The maximum absolute atomic E-state index is 3.35. The van der Waals surface area contributed by atoms with Crippen molar-refractivity contribution in [3.05, 3.63) is 35.9 Å². The molecule has 0 N–H and O–H groups in total. The van der Waals surface area contributed by atoms with Gasteiger partial charge in [-0.25, -0.2) is 0 Å². The molecule has 2 rings (SSSR count). The number of piperidine rings is 1. The van der Waals surface area contributed by atoms with Gasteiger partial charge in [-0.2, -0.15) is 30.3 Å². The monoisotopic (exact) mass is 333 g/mol. The van der Waals surface area contributed by atoms with E-state index in [2.05, 4.69) is 50.8 Å². The fourth-order valence-corrected chi connectivity index (χ4v) is 3.17. The third kappa shape index (κ3) is 4.73. The van der Waals surface area contributed by atoms with Crippen LogP contribution in [0, 0.1) is 6.07 Å². The fraction of sp³-hybridized carbons (Fsp3) is 0.625. The van der Waals surface area contributed by atoms with Gasteiger partial charge in [0.15, 0.2) is 0 Å². The second-order valence-electron chi connectivity index (χ2n) is 6.45. The van der Waals surface area contributed by atoms with Crippen molar-refractivity contribution in [1.29, 1.82) is 0 Å². The molecular weight excluding hydrogens is 310 g/mol. The number of halogens is 1. The minimum Gasteiger partial charge on any atom is -1.00 e. The summed E-state index contributed by atoms with van der Waals surface area (Å²) in [6, 6.07) is 11.7. The number of likely N-dealkylation sites (tertiary alicyclic amines) is 1. The van der Waals surface area contributed by atoms with Crippen LogP contribution in [0.4, 0.5) is 0 Å². The van der Waals surface area contributed by atoms with Gasteiger partial charge in [-0.05, 0) is 47.0 Å². The molecule has 0 amide bonds. The van der Waals surface area contributed by atoms with Crippen LogP contribution in [0.25, 0.3) is 0 Å². The van der Waals surface area contributed by atoms with Crippen molar-refractivity contribution in [2.24, 2.45) is 0 Å². The molecule has 0 saturated carbocycles. The average molecular weight is 335 g/mol. The molecule has 0 spiro atoms. The van der Waals surface area contributed by atoms with Crippen LogP contribution in [-0.2, 0) is 6.54 Å². The van der Waals surface area contributed by atoms with Gasteiger partial charge in [-0.15, -0.1) is 5.56 Å². The molecule has 0 unspecified atom stereocenters. The second-order valence-corrected chi connectivity index (χ2v) is 6.45. The normalized spacial score (nSPS) is 21.1. The largest absolute Gasteiger partial charge is 2.00 e. The molecule has 1 aliphatic rings. The van der Waals surface area contributed by atoms with Crippen LogP contribution in [0.15, 0.2) is 24.3 Å². The van der Waals surface area contributed by atoms with Crippen molar-refractivity contribution in [2.45, 2.75) is 64.6 Å². The topological polar surface area (TPSA) is 3.24 Å². The summed E-state index contributed by atoms with van der Waals surface area (Å²) < 4.78 is 0. The van der Waals surface area contributed by atoms with Gasteiger partial charge in [0.25, 0.3) is 0 Å². The van der Waals surface area contributed by atoms with Gasteiger partial charge in [0.05, 0.1) is 0 Å². The molecule has 19 heavy (non-hydrogen) atoms. The first-order valence-electron chi connectivity index (χ1n) is 6.65. The average Bonchev–Trinajstić information content (AvgIpc) is 2.25. The SMILES string of the molecule is CC1(C)CCCC(C)(C)N1Cc1[c-]cccc1.[Br-].[Mg+2]. The van der Waals surface area contributed by atoms with Gasteiger partial charge in [0.1, 0.15) is 0 Å². The van der Waals surface area contributed by atoms with Crippen molar-refractivity contribution in [3.8, 4) is 0 Å². The van der Waals surface area contributed by atoms with Crippen LogP contribution in [0.1, 0.15) is 52.5 Å². The van der Waals surface area contributed by atoms with Crippen LogP contribution in [0.2, 0.25) is 0 Å². The van der Waals surface area contributed by atoms with Crippen molar-refractivity contribution < 1.29 is 17.0 Å². The quantitative estimate of drug-likeness (QED) is 0.567. The molecule has 0 bridgehead atoms. The maximum Gasteiger partial charge on any atom is 2.00 e. The summed E-state index contributed by atoms with van der Waals surface area (Å²) in [5.74, 6) is 0. The molecule has 0 aromatic heterocycles. The third-order valence-electron chi connectivity index (χ3n) is 4.14. The summed E-state index contributed by atoms with van der Waals surface area (Å²) in [6.07, 6.45) is 3.93. The minimum atomic E-state index is 0. The van der Waals surface area contributed by atoms with Crippen LogP contribution in [-0.4, -0.2) is 39.0 Å². The van der Waals surface area contributed by atoms with Crippen LogP contribution in [0.5, 0.6) is 0 Å². The summed E-state index contributed by atoms with van der Waals surface area (Å²) in [7, 11) is 0. The van der Waals surface area contributed by atoms with E-state index in [0.29, 0.717) is 11.1 Å². The predicted octanol–water partition coefficient (Wildman–Crippen LogP) is 0.653. The third-order valence-corrected chi connectivity index (χ3v) is 4.14. The van der Waals surface area contributed by atoms with E-state index in [9.17, 15) is 0 Å². The molecule has 0 aliphatic carbocycles. The van der Waals surface area contributed by atoms with Gasteiger partial charge in [0, 0.05) is 17.6 Å². The first kappa shape index (κ1) is 19.4. The number of hydrogen-bond acceptors (Lipinski definition) is 1. The first-order valence-corrected chi connectivity index (χ1v) is 6.65. The molecule has 1 nitrogen and oxygen atoms in total. The van der Waals surface area contributed by atoms with E-state index < -0.39 is 0 Å². The van der Waals surface area contributed by atoms with E-state index in [1.165, 1.54) is 24.8 Å². The molecule has 1 aromatic carbocycles. The summed E-state index contributed by atoms with van der Waals surface area (Å²) in [4.78, 5) is 2.65. The Morgan fingerprint density at radius 1 is 1.11 bits per heavy atom. The molecule has 3 heteroatoms. The summed E-state index contributed by atoms with van der Waals surface area (Å²) >= 11 is 0. The molecular formula is C16H24BrMgN. The zero-order chi connectivity index (χ0) is 12.5. The van der Waals surface area contributed by atoms with Gasteiger partial charge in [-0.3, -0.25) is 4.90 Å². The summed E-state index contributed by atoms with van der Waals surface area (Å²) in [6.45, 7) is 10.5. The number of hydrogen-bond donors (Lipinski definition) is 0. The smallest absolute Gasteiger partial charge is 1.00 e. The van der Waals surface area contributed by atoms with Gasteiger partial charge < -0.3 is 17.0 Å². The molecule has 0 atom stereocenters. The van der Waals surface area contributed by atoms with E-state index in [0.717, 1.165) is 6.54 Å². The Hall–Kier alpha value is 0.426. The maximum atomic E-state index is 3.35. The fourth-order valence-electron chi connectivity index (χ4n) is 3.17. The van der Waals surface area contributed by atoms with Gasteiger partial charge in [-0.1, -0.05) is 0 Å². The second kappa shape index (κ2) is 7.44. The molecule has 1 fully saturated rings. The summed E-state index contributed by atoms with van der Waals surface area (Å²) in [5, 5.41) is 0. The number of benzene rings is 1. The van der Waals surface area contributed by atoms with Crippen molar-refractivity contribution in [2.75, 3.05) is 0 Å². The van der Waals surface area contributed by atoms with E-state index in [-0.39, 0.29) is 40.0 Å². The van der Waals surface area contributed by atoms with Crippen molar-refractivity contribution >= 4 is 23.1 Å². The number of nitrogens with zero attached hydrogens (tertiary/aromatic N) is 1. The predicted molar refractivity (Wildman–Crippen MR) is 78.6 cm³/mol. The Labute approximate surface area is 145 Å². The van der Waals surface area contributed by atoms with Crippen LogP contribution in [0.3, 0.4) is 0 Å². The van der Waals surface area contributed by atoms with Crippen LogP contribution >= 0.6 is 0 Å². The Balaban J connectivity index is 0.00000162. The summed E-state index contributed by atoms with van der Waals surface area (Å²) in [5.41, 5.74) is 1.90. The molecule has 1 saturated heterocycles. The Morgan fingerprint density at radius 2 is 1.68 bits per heavy atom. The van der Waals surface area contributed by atoms with E-state index in [1.807, 2.05) is 12.1 Å². The van der Waals surface area contributed by atoms with Gasteiger partial charge >= 0.3 is 23.1 Å². The standard InChI is InChI=1S/C16H24N.BrH.Mg/c1-15(2)11-8-12-16(3,4)17(15)13-14-9-6-5-7-10-14;;/h5-7,9H,8,11-13H2,1-4H3;1H;/q-1;;+2/p-1. The Morgan fingerprint density at radius 3 is 2.16 bits per heavy atom. The first-order chi connectivity index (χ1) is 7.92. The van der Waals surface area contributed by atoms with Crippen LogP contribution < -0.4 is 17.0 Å². The molecule has 1 aromatic rings. The van der Waals surface area contributed by atoms with Gasteiger partial charge in [0.2, 0.25) is 0 Å². The Kier molecular flexibility index (Phi) is 7.61. The minimum absolute atomic E-state index is 0. The van der Waals surface area contributed by atoms with E-state index >= 15 is 0 Å². The molecule has 1 aliphatic heterocycles. The Bertz CT molecular complexity index is 360. The van der Waals surface area contributed by atoms with E-state index in [4.69, 9.17) is 0 Å². The van der Waals surface area contributed by atoms with E-state index in [1.54, 1.807) is 0 Å². The number of rotatable bonds is 2. The van der Waals surface area contributed by atoms with Crippen molar-refractivity contribution in [1.82, 2.24) is 4.90 Å².